The lowest BCUT2D eigenvalue weighted by Gasteiger charge is -2.28. The molecule has 0 radical (unpaired) electrons. The fourth-order valence-electron chi connectivity index (χ4n) is 4.83. The Morgan fingerprint density at radius 2 is 1.68 bits per heavy atom. The zero-order valence-corrected chi connectivity index (χ0v) is 17.8. The van der Waals surface area contributed by atoms with Crippen molar-refractivity contribution in [2.75, 3.05) is 0 Å². The van der Waals surface area contributed by atoms with Crippen molar-refractivity contribution in [2.45, 2.75) is 44.9 Å². The van der Waals surface area contributed by atoms with Gasteiger partial charge in [0.2, 0.25) is 0 Å². The topological polar surface area (TPSA) is 58.6 Å². The molecule has 1 N–H and O–H groups in total. The minimum atomic E-state index is 0.326. The average Bonchev–Trinajstić information content (AvgIpc) is 3.24. The van der Waals surface area contributed by atoms with Crippen molar-refractivity contribution >= 4 is 16.8 Å². The summed E-state index contributed by atoms with van der Waals surface area (Å²) in [6.07, 6.45) is 7.33. The molecule has 0 saturated heterocycles. The molecule has 0 atom stereocenters. The first-order valence-corrected chi connectivity index (χ1v) is 11.2. The van der Waals surface area contributed by atoms with Gasteiger partial charge in [0, 0.05) is 23.7 Å². The van der Waals surface area contributed by atoms with Gasteiger partial charge in [-0.15, -0.1) is 0 Å². The van der Waals surface area contributed by atoms with Gasteiger partial charge in [-0.3, -0.25) is 4.98 Å². The summed E-state index contributed by atoms with van der Waals surface area (Å²) in [6.45, 7) is 1.71. The smallest absolute Gasteiger partial charge is 0.140 e. The summed E-state index contributed by atoms with van der Waals surface area (Å²) in [4.78, 5) is 24.1. The lowest BCUT2D eigenvalue weighted by Crippen LogP contribution is -2.15. The summed E-state index contributed by atoms with van der Waals surface area (Å²) in [7, 11) is 0. The number of pyridine rings is 1. The van der Waals surface area contributed by atoms with E-state index in [-0.39, 0.29) is 0 Å². The maximum Gasteiger partial charge on any atom is 0.140 e. The number of carbonyl (C=O) groups is 1. The molecule has 0 unspecified atom stereocenters. The number of fused-ring (bicyclic) bond motifs is 1. The van der Waals surface area contributed by atoms with E-state index in [2.05, 4.69) is 51.4 Å². The van der Waals surface area contributed by atoms with Gasteiger partial charge in [-0.1, -0.05) is 36.4 Å². The highest BCUT2D eigenvalue weighted by Gasteiger charge is 2.23. The third kappa shape index (κ3) is 4.29. The Bertz CT molecular complexity index is 1150. The molecule has 2 aromatic heterocycles. The predicted octanol–water partition coefficient (Wildman–Crippen LogP) is 6.54. The second-order valence-electron chi connectivity index (χ2n) is 8.78. The number of H-pyrrole nitrogens is 1. The van der Waals surface area contributed by atoms with Crippen LogP contribution in [0.3, 0.4) is 0 Å². The number of aromatic nitrogens is 3. The third-order valence-electron chi connectivity index (χ3n) is 6.53. The van der Waals surface area contributed by atoms with Crippen LogP contribution in [0.4, 0.5) is 0 Å². The van der Waals surface area contributed by atoms with Gasteiger partial charge in [-0.2, -0.15) is 0 Å². The Hall–Kier alpha value is -3.27. The van der Waals surface area contributed by atoms with E-state index in [1.54, 1.807) is 6.92 Å². The Morgan fingerprint density at radius 1 is 0.935 bits per heavy atom. The van der Waals surface area contributed by atoms with E-state index in [0.29, 0.717) is 17.6 Å². The second kappa shape index (κ2) is 8.46. The molecule has 5 rings (SSSR count). The number of aromatic amines is 1. The van der Waals surface area contributed by atoms with Crippen LogP contribution in [0.25, 0.3) is 33.7 Å². The van der Waals surface area contributed by atoms with Crippen LogP contribution in [0, 0.1) is 5.92 Å². The first-order valence-electron chi connectivity index (χ1n) is 11.2. The number of para-hydroxylation sites is 2. The molecule has 4 nitrogen and oxygen atoms in total. The number of hydrogen-bond donors (Lipinski definition) is 1. The van der Waals surface area contributed by atoms with Crippen molar-refractivity contribution in [3.8, 4) is 22.6 Å². The van der Waals surface area contributed by atoms with Crippen molar-refractivity contribution in [1.29, 1.82) is 0 Å². The highest BCUT2D eigenvalue weighted by Crippen LogP contribution is 2.37. The lowest BCUT2D eigenvalue weighted by molar-refractivity contribution is -0.118. The second-order valence-corrected chi connectivity index (χ2v) is 8.78. The van der Waals surface area contributed by atoms with Gasteiger partial charge < -0.3 is 9.78 Å². The fraction of sp³-hybridized carbons (Fsp3) is 0.296. The molecule has 4 heteroatoms. The molecule has 31 heavy (non-hydrogen) atoms. The van der Waals surface area contributed by atoms with Crippen LogP contribution < -0.4 is 0 Å². The Morgan fingerprint density at radius 3 is 2.35 bits per heavy atom. The molecule has 156 valence electrons. The summed E-state index contributed by atoms with van der Waals surface area (Å²) in [5, 5.41) is 0. The number of hydrogen-bond acceptors (Lipinski definition) is 3. The lowest BCUT2D eigenvalue weighted by atomic mass is 9.77. The van der Waals surface area contributed by atoms with Gasteiger partial charge in [0.15, 0.2) is 0 Å². The number of rotatable bonds is 5. The zero-order chi connectivity index (χ0) is 21.2. The quantitative estimate of drug-likeness (QED) is 0.407. The number of Topliss-reactive ketones (excluding diaryl/α,β-unsaturated/α-hetero) is 1. The summed E-state index contributed by atoms with van der Waals surface area (Å²) in [6, 6.07) is 21.0. The molecule has 1 fully saturated rings. The van der Waals surface area contributed by atoms with Gasteiger partial charge >= 0.3 is 0 Å². The predicted molar refractivity (Wildman–Crippen MR) is 125 cm³/mol. The number of benzene rings is 2. The van der Waals surface area contributed by atoms with Gasteiger partial charge in [0.1, 0.15) is 11.6 Å². The Labute approximate surface area is 182 Å². The third-order valence-corrected chi connectivity index (χ3v) is 6.53. The maximum atomic E-state index is 11.4. The van der Waals surface area contributed by atoms with Crippen LogP contribution >= 0.6 is 0 Å². The average molecular weight is 410 g/mol. The number of imidazole rings is 1. The largest absolute Gasteiger partial charge is 0.338 e. The van der Waals surface area contributed by atoms with Gasteiger partial charge in [-0.05, 0) is 74.3 Å². The SMILES string of the molecule is CC(=O)CC1CCC(c2ccc(-c3ccc(-c4nc5ccccc5[nH]4)cn3)cc2)CC1. The van der Waals surface area contributed by atoms with Crippen molar-refractivity contribution in [2.24, 2.45) is 5.92 Å². The van der Waals surface area contributed by atoms with Crippen LogP contribution in [0.5, 0.6) is 0 Å². The Kier molecular flexibility index (Phi) is 5.37. The van der Waals surface area contributed by atoms with Crippen LogP contribution in [0.2, 0.25) is 0 Å². The monoisotopic (exact) mass is 409 g/mol. The maximum absolute atomic E-state index is 11.4. The molecule has 4 aromatic rings. The van der Waals surface area contributed by atoms with E-state index >= 15 is 0 Å². The van der Waals surface area contributed by atoms with Crippen molar-refractivity contribution in [3.05, 3.63) is 72.4 Å². The standard InChI is InChI=1S/C27H27N3O/c1-18(31)16-19-6-8-20(9-7-19)21-10-12-22(13-11-21)24-15-14-23(17-28-24)27-29-25-4-2-3-5-26(25)30-27/h2-5,10-15,17,19-20H,6-9,16H2,1H3,(H,29,30). The first-order chi connectivity index (χ1) is 15.2. The van der Waals surface area contributed by atoms with E-state index in [0.717, 1.165) is 52.9 Å². The molecule has 2 aromatic carbocycles. The zero-order valence-electron chi connectivity index (χ0n) is 17.8. The first kappa shape index (κ1) is 19.7. The molecule has 1 aliphatic carbocycles. The van der Waals surface area contributed by atoms with E-state index < -0.39 is 0 Å². The summed E-state index contributed by atoms with van der Waals surface area (Å²) < 4.78 is 0. The van der Waals surface area contributed by atoms with Crippen LogP contribution in [0.15, 0.2) is 66.9 Å². The summed E-state index contributed by atoms with van der Waals surface area (Å²) in [5.41, 5.74) is 6.49. The van der Waals surface area contributed by atoms with E-state index in [1.807, 2.05) is 30.5 Å². The number of nitrogens with one attached hydrogen (secondary N) is 1. The highest BCUT2D eigenvalue weighted by molar-refractivity contribution is 5.79. The highest BCUT2D eigenvalue weighted by atomic mass is 16.1. The summed E-state index contributed by atoms with van der Waals surface area (Å²) >= 11 is 0. The van der Waals surface area contributed by atoms with E-state index in [4.69, 9.17) is 0 Å². The van der Waals surface area contributed by atoms with Gasteiger partial charge in [0.25, 0.3) is 0 Å². The fourth-order valence-corrected chi connectivity index (χ4v) is 4.83. The van der Waals surface area contributed by atoms with Gasteiger partial charge in [-0.25, -0.2) is 4.98 Å². The van der Waals surface area contributed by atoms with Crippen LogP contribution in [-0.2, 0) is 4.79 Å². The molecule has 0 spiro atoms. The molecule has 0 aliphatic heterocycles. The molecule has 1 aliphatic rings. The summed E-state index contributed by atoms with van der Waals surface area (Å²) in [5.74, 6) is 2.37. The number of carbonyl (C=O) groups excluding carboxylic acids is 1. The molecular formula is C27H27N3O. The normalized spacial score (nSPS) is 18.9. The molecule has 1 saturated carbocycles. The molecular weight excluding hydrogens is 382 g/mol. The number of nitrogens with zero attached hydrogens (tertiary/aromatic N) is 2. The minimum Gasteiger partial charge on any atom is -0.338 e. The molecule has 0 amide bonds. The molecule has 2 heterocycles. The molecule has 0 bridgehead atoms. The van der Waals surface area contributed by atoms with E-state index in [9.17, 15) is 4.79 Å². The van der Waals surface area contributed by atoms with Crippen molar-refractivity contribution in [1.82, 2.24) is 15.0 Å². The Balaban J connectivity index is 1.27. The number of ketones is 1. The van der Waals surface area contributed by atoms with Gasteiger partial charge in [0.05, 0.1) is 16.7 Å². The van der Waals surface area contributed by atoms with Crippen molar-refractivity contribution in [3.63, 3.8) is 0 Å². The minimum absolute atomic E-state index is 0.326. The van der Waals surface area contributed by atoms with Crippen molar-refractivity contribution < 1.29 is 4.79 Å². The van der Waals surface area contributed by atoms with Crippen LogP contribution in [0.1, 0.15) is 50.5 Å². The van der Waals surface area contributed by atoms with Crippen LogP contribution in [-0.4, -0.2) is 20.7 Å². The van der Waals surface area contributed by atoms with E-state index in [1.165, 1.54) is 18.4 Å².